The first-order valence-electron chi connectivity index (χ1n) is 7.46. The number of amides is 1. The first-order chi connectivity index (χ1) is 10.2. The standard InChI is InChI=1S/C16H20N2O2S/c17-15(21)11-4-3-8-18(10-11)16(19)13-7-9-20-14-6-2-1-5-12(13)14/h1-2,5-6,11,13H,3-4,7-10H2,(H2,17,21). The van der Waals surface area contributed by atoms with Gasteiger partial charge in [0.2, 0.25) is 5.91 Å². The number of piperidine rings is 1. The highest BCUT2D eigenvalue weighted by atomic mass is 32.1. The van der Waals surface area contributed by atoms with Crippen molar-refractivity contribution in [3.05, 3.63) is 29.8 Å². The van der Waals surface area contributed by atoms with Crippen molar-refractivity contribution in [3.63, 3.8) is 0 Å². The highest BCUT2D eigenvalue weighted by molar-refractivity contribution is 7.80. The zero-order valence-electron chi connectivity index (χ0n) is 12.0. The number of carbonyl (C=O) groups is 1. The van der Waals surface area contributed by atoms with Gasteiger partial charge in [0.1, 0.15) is 5.75 Å². The molecule has 5 heteroatoms. The molecule has 0 spiro atoms. The first-order valence-corrected chi connectivity index (χ1v) is 7.87. The summed E-state index contributed by atoms with van der Waals surface area (Å²) in [5.41, 5.74) is 6.76. The van der Waals surface area contributed by atoms with Gasteiger partial charge in [-0.15, -0.1) is 0 Å². The van der Waals surface area contributed by atoms with Crippen LogP contribution in [0.5, 0.6) is 5.75 Å². The Hall–Kier alpha value is -1.62. The Morgan fingerprint density at radius 3 is 2.95 bits per heavy atom. The second-order valence-electron chi connectivity index (χ2n) is 5.75. The van der Waals surface area contributed by atoms with Gasteiger partial charge < -0.3 is 15.4 Å². The third-order valence-corrected chi connectivity index (χ3v) is 4.73. The summed E-state index contributed by atoms with van der Waals surface area (Å²) in [5, 5.41) is 0. The lowest BCUT2D eigenvalue weighted by Gasteiger charge is -2.36. The van der Waals surface area contributed by atoms with Crippen molar-refractivity contribution < 1.29 is 9.53 Å². The van der Waals surface area contributed by atoms with E-state index < -0.39 is 0 Å². The average molecular weight is 304 g/mol. The fraction of sp³-hybridized carbons (Fsp3) is 0.500. The van der Waals surface area contributed by atoms with Crippen LogP contribution in [0.3, 0.4) is 0 Å². The topological polar surface area (TPSA) is 55.6 Å². The molecule has 2 atom stereocenters. The van der Waals surface area contributed by atoms with Crippen LogP contribution in [0.1, 0.15) is 30.7 Å². The fourth-order valence-corrected chi connectivity index (χ4v) is 3.42. The Balaban J connectivity index is 1.78. The number of hydrogen-bond donors (Lipinski definition) is 1. The molecule has 1 aromatic rings. The molecule has 0 saturated carbocycles. The molecule has 21 heavy (non-hydrogen) atoms. The minimum Gasteiger partial charge on any atom is -0.493 e. The van der Waals surface area contributed by atoms with Crippen LogP contribution in [0.2, 0.25) is 0 Å². The molecule has 1 fully saturated rings. The minimum atomic E-state index is -0.0972. The van der Waals surface area contributed by atoms with Crippen LogP contribution in [0.15, 0.2) is 24.3 Å². The molecule has 3 rings (SSSR count). The van der Waals surface area contributed by atoms with Gasteiger partial charge in [-0.1, -0.05) is 30.4 Å². The van der Waals surface area contributed by atoms with Gasteiger partial charge in [-0.05, 0) is 25.3 Å². The van der Waals surface area contributed by atoms with Gasteiger partial charge in [0, 0.05) is 24.6 Å². The summed E-state index contributed by atoms with van der Waals surface area (Å²) in [6.45, 7) is 2.06. The van der Waals surface area contributed by atoms with Gasteiger partial charge >= 0.3 is 0 Å². The van der Waals surface area contributed by atoms with E-state index in [9.17, 15) is 4.79 Å². The summed E-state index contributed by atoms with van der Waals surface area (Å²) < 4.78 is 5.64. The van der Waals surface area contributed by atoms with E-state index in [1.54, 1.807) is 0 Å². The predicted molar refractivity (Wildman–Crippen MR) is 85.4 cm³/mol. The quantitative estimate of drug-likeness (QED) is 0.850. The highest BCUT2D eigenvalue weighted by Crippen LogP contribution is 2.35. The van der Waals surface area contributed by atoms with Crippen LogP contribution in [-0.2, 0) is 4.79 Å². The molecule has 0 radical (unpaired) electrons. The van der Waals surface area contributed by atoms with Gasteiger partial charge in [-0.2, -0.15) is 0 Å². The molecule has 0 bridgehead atoms. The Morgan fingerprint density at radius 1 is 1.33 bits per heavy atom. The Bertz CT molecular complexity index is 561. The smallest absolute Gasteiger partial charge is 0.230 e. The number of nitrogens with zero attached hydrogens (tertiary/aromatic N) is 1. The van der Waals surface area contributed by atoms with Crippen molar-refractivity contribution in [2.75, 3.05) is 19.7 Å². The molecule has 1 aromatic carbocycles. The summed E-state index contributed by atoms with van der Waals surface area (Å²) >= 11 is 5.09. The van der Waals surface area contributed by atoms with Gasteiger partial charge in [-0.25, -0.2) is 0 Å². The third-order valence-electron chi connectivity index (χ3n) is 4.39. The maximum absolute atomic E-state index is 12.9. The van der Waals surface area contributed by atoms with Crippen molar-refractivity contribution >= 4 is 23.1 Å². The minimum absolute atomic E-state index is 0.0972. The summed E-state index contributed by atoms with van der Waals surface area (Å²) in [5.74, 6) is 1.09. The molecule has 0 aromatic heterocycles. The van der Waals surface area contributed by atoms with E-state index in [2.05, 4.69) is 0 Å². The first kappa shape index (κ1) is 14.3. The molecule has 2 unspecified atom stereocenters. The second kappa shape index (κ2) is 6.02. The number of ether oxygens (including phenoxy) is 1. The molecule has 4 nitrogen and oxygen atoms in total. The SMILES string of the molecule is NC(=S)C1CCCN(C(=O)C2CCOc3ccccc32)C1. The van der Waals surface area contributed by atoms with Crippen molar-refractivity contribution in [3.8, 4) is 5.75 Å². The fourth-order valence-electron chi connectivity index (χ4n) is 3.23. The summed E-state index contributed by atoms with van der Waals surface area (Å²) in [6.07, 6.45) is 2.70. The normalized spacial score (nSPS) is 24.9. The van der Waals surface area contributed by atoms with Crippen LogP contribution in [0.4, 0.5) is 0 Å². The Morgan fingerprint density at radius 2 is 2.14 bits per heavy atom. The van der Waals surface area contributed by atoms with Gasteiger partial charge in [0.25, 0.3) is 0 Å². The number of carbonyl (C=O) groups excluding carboxylic acids is 1. The lowest BCUT2D eigenvalue weighted by molar-refractivity contribution is -0.134. The van der Waals surface area contributed by atoms with E-state index in [0.29, 0.717) is 18.1 Å². The van der Waals surface area contributed by atoms with Gasteiger partial charge in [-0.3, -0.25) is 4.79 Å². The van der Waals surface area contributed by atoms with Gasteiger partial charge in [0.05, 0.1) is 17.5 Å². The molecule has 1 amide bonds. The van der Waals surface area contributed by atoms with Crippen molar-refractivity contribution in [1.29, 1.82) is 0 Å². The van der Waals surface area contributed by atoms with Crippen molar-refractivity contribution in [2.24, 2.45) is 11.7 Å². The monoisotopic (exact) mass is 304 g/mol. The highest BCUT2D eigenvalue weighted by Gasteiger charge is 2.33. The van der Waals surface area contributed by atoms with Crippen LogP contribution in [0.25, 0.3) is 0 Å². The van der Waals surface area contributed by atoms with Crippen LogP contribution in [0, 0.1) is 5.92 Å². The molecular weight excluding hydrogens is 284 g/mol. The molecule has 2 heterocycles. The van der Waals surface area contributed by atoms with E-state index in [0.717, 1.165) is 37.1 Å². The molecule has 2 aliphatic rings. The van der Waals surface area contributed by atoms with Crippen LogP contribution < -0.4 is 10.5 Å². The zero-order chi connectivity index (χ0) is 14.8. The zero-order valence-corrected chi connectivity index (χ0v) is 12.8. The summed E-state index contributed by atoms with van der Waals surface area (Å²) in [7, 11) is 0. The largest absolute Gasteiger partial charge is 0.493 e. The maximum atomic E-state index is 12.9. The lowest BCUT2D eigenvalue weighted by Crippen LogP contribution is -2.46. The molecule has 1 saturated heterocycles. The molecule has 2 aliphatic heterocycles. The number of fused-ring (bicyclic) bond motifs is 1. The van der Waals surface area contributed by atoms with E-state index >= 15 is 0 Å². The summed E-state index contributed by atoms with van der Waals surface area (Å²) in [6, 6.07) is 7.83. The Labute approximate surface area is 130 Å². The van der Waals surface area contributed by atoms with E-state index in [1.807, 2.05) is 29.2 Å². The van der Waals surface area contributed by atoms with E-state index in [4.69, 9.17) is 22.7 Å². The molecule has 2 N–H and O–H groups in total. The van der Waals surface area contributed by atoms with E-state index in [1.165, 1.54) is 0 Å². The molecule has 0 aliphatic carbocycles. The van der Waals surface area contributed by atoms with Crippen LogP contribution >= 0.6 is 12.2 Å². The number of nitrogens with two attached hydrogens (primary N) is 1. The van der Waals surface area contributed by atoms with Crippen molar-refractivity contribution in [1.82, 2.24) is 4.90 Å². The number of para-hydroxylation sites is 1. The number of likely N-dealkylation sites (tertiary alicyclic amines) is 1. The average Bonchev–Trinajstić information content (AvgIpc) is 2.53. The van der Waals surface area contributed by atoms with Gasteiger partial charge in [0.15, 0.2) is 0 Å². The number of rotatable bonds is 2. The molecule has 112 valence electrons. The number of hydrogen-bond acceptors (Lipinski definition) is 3. The number of thiocarbonyl (C=S) groups is 1. The second-order valence-corrected chi connectivity index (χ2v) is 6.22. The molecular formula is C16H20N2O2S. The van der Waals surface area contributed by atoms with Crippen molar-refractivity contribution in [2.45, 2.75) is 25.2 Å². The third kappa shape index (κ3) is 2.88. The summed E-state index contributed by atoms with van der Waals surface area (Å²) in [4.78, 5) is 15.3. The van der Waals surface area contributed by atoms with Crippen LogP contribution in [-0.4, -0.2) is 35.5 Å². The number of benzene rings is 1. The Kier molecular flexibility index (Phi) is 4.10. The van der Waals surface area contributed by atoms with E-state index in [-0.39, 0.29) is 17.7 Å². The maximum Gasteiger partial charge on any atom is 0.230 e. The predicted octanol–water partition coefficient (Wildman–Crippen LogP) is 2.08. The lowest BCUT2D eigenvalue weighted by atomic mass is 9.90.